The van der Waals surface area contributed by atoms with E-state index in [0.29, 0.717) is 5.56 Å². The molecule has 0 fully saturated rings. The first-order valence-corrected chi connectivity index (χ1v) is 5.65. The van der Waals surface area contributed by atoms with Crippen molar-refractivity contribution >= 4 is 18.1 Å². The van der Waals surface area contributed by atoms with Crippen LogP contribution in [0.2, 0.25) is 0 Å². The number of fused-ring (bicyclic) bond motifs is 3. The summed E-state index contributed by atoms with van der Waals surface area (Å²) >= 11 is 0. The van der Waals surface area contributed by atoms with Crippen LogP contribution in [0.4, 0.5) is 18.9 Å². The Morgan fingerprint density at radius 1 is 0.950 bits per heavy atom. The molecule has 6 heteroatoms. The van der Waals surface area contributed by atoms with Gasteiger partial charge in [-0.25, -0.2) is 0 Å². The number of rotatable bonds is 0. The minimum Gasteiger partial charge on any atom is -0.398 e. The molecule has 0 heterocycles. The van der Waals surface area contributed by atoms with E-state index in [-0.39, 0.29) is 34.8 Å². The largest absolute Gasteiger partial charge is 0.425 e. The number of anilines is 1. The van der Waals surface area contributed by atoms with Crippen molar-refractivity contribution in [3.05, 3.63) is 53.6 Å². The van der Waals surface area contributed by atoms with Gasteiger partial charge in [-0.1, -0.05) is 36.4 Å². The molecular weight excluding hydrogens is 291 g/mol. The van der Waals surface area contributed by atoms with Gasteiger partial charge in [-0.3, -0.25) is 0 Å². The maximum atomic E-state index is 13.3. The first-order valence-electron chi connectivity index (χ1n) is 5.65. The Labute approximate surface area is 119 Å². The minimum atomic E-state index is -4.80. The quantitative estimate of drug-likeness (QED) is 0.732. The number of hydrogen-bond donors (Lipinski definition) is 2. The summed E-state index contributed by atoms with van der Waals surface area (Å²) in [6, 6.07) is 10.1. The maximum absolute atomic E-state index is 13.3. The maximum Gasteiger partial charge on any atom is 0.425 e. The van der Waals surface area contributed by atoms with Gasteiger partial charge in [0.1, 0.15) is 0 Å². The number of nitrogen functional groups attached to an aromatic ring is 1. The molecule has 20 heavy (non-hydrogen) atoms. The molecule has 2 aromatic rings. The zero-order valence-corrected chi connectivity index (χ0v) is 10.9. The third-order valence-corrected chi connectivity index (χ3v) is 3.48. The Morgan fingerprint density at radius 3 is 2.20 bits per heavy atom. The summed E-state index contributed by atoms with van der Waals surface area (Å²) in [4.78, 5) is 0. The molecule has 0 aliphatic heterocycles. The van der Waals surface area contributed by atoms with E-state index in [1.54, 1.807) is 6.07 Å². The lowest BCUT2D eigenvalue weighted by atomic mass is 9.91. The second kappa shape index (κ2) is 4.40. The lowest BCUT2D eigenvalue weighted by Gasteiger charge is -2.28. The SMILES string of the molecule is Cl.Nc1cccc2c1-c1ccccc1C2(O)C(F)(F)F. The lowest BCUT2D eigenvalue weighted by molar-refractivity contribution is -0.246. The van der Waals surface area contributed by atoms with Crippen LogP contribution in [-0.2, 0) is 5.60 Å². The topological polar surface area (TPSA) is 46.2 Å². The minimum absolute atomic E-state index is 0. The van der Waals surface area contributed by atoms with Crippen molar-refractivity contribution in [2.75, 3.05) is 5.73 Å². The zero-order valence-electron chi connectivity index (χ0n) is 10.1. The van der Waals surface area contributed by atoms with E-state index in [2.05, 4.69) is 0 Å². The monoisotopic (exact) mass is 301 g/mol. The molecule has 2 aromatic carbocycles. The Hall–Kier alpha value is -1.72. The number of benzene rings is 2. The number of halogens is 4. The van der Waals surface area contributed by atoms with Gasteiger partial charge in [0.2, 0.25) is 5.60 Å². The molecule has 0 saturated carbocycles. The molecule has 0 radical (unpaired) electrons. The number of hydrogen-bond acceptors (Lipinski definition) is 2. The van der Waals surface area contributed by atoms with Crippen molar-refractivity contribution in [2.24, 2.45) is 0 Å². The summed E-state index contributed by atoms with van der Waals surface area (Å²) in [5, 5.41) is 10.3. The first-order chi connectivity index (χ1) is 8.87. The third kappa shape index (κ3) is 1.63. The lowest BCUT2D eigenvalue weighted by Crippen LogP contribution is -2.41. The molecule has 1 aliphatic rings. The number of alkyl halides is 3. The Balaban J connectivity index is 0.00000147. The average Bonchev–Trinajstić information content (AvgIpc) is 2.62. The van der Waals surface area contributed by atoms with Crippen LogP contribution >= 0.6 is 12.4 Å². The molecule has 2 nitrogen and oxygen atoms in total. The van der Waals surface area contributed by atoms with Crippen LogP contribution in [0, 0.1) is 0 Å². The Kier molecular flexibility index (Phi) is 3.23. The molecule has 1 atom stereocenters. The summed E-state index contributed by atoms with van der Waals surface area (Å²) in [7, 11) is 0. The summed E-state index contributed by atoms with van der Waals surface area (Å²) < 4.78 is 40.0. The van der Waals surface area contributed by atoms with Gasteiger partial charge >= 0.3 is 6.18 Å². The predicted octanol–water partition coefficient (Wildman–Crippen LogP) is 3.47. The second-order valence-electron chi connectivity index (χ2n) is 4.52. The standard InChI is InChI=1S/C14H10F3NO.ClH/c15-14(16,17)13(19)9-5-2-1-4-8(9)12-10(13)6-3-7-11(12)18;/h1-7,19H,18H2;1H. The fraction of sp³-hybridized carbons (Fsp3) is 0.143. The number of nitrogens with two attached hydrogens (primary N) is 1. The van der Waals surface area contributed by atoms with E-state index in [9.17, 15) is 18.3 Å². The van der Waals surface area contributed by atoms with E-state index in [4.69, 9.17) is 5.73 Å². The van der Waals surface area contributed by atoms with E-state index in [0.717, 1.165) is 0 Å². The van der Waals surface area contributed by atoms with Crippen LogP contribution in [-0.4, -0.2) is 11.3 Å². The van der Waals surface area contributed by atoms with E-state index < -0.39 is 11.8 Å². The van der Waals surface area contributed by atoms with Crippen LogP contribution < -0.4 is 5.73 Å². The molecule has 0 amide bonds. The molecule has 1 unspecified atom stereocenters. The van der Waals surface area contributed by atoms with Crippen LogP contribution in [0.5, 0.6) is 0 Å². The van der Waals surface area contributed by atoms with Crippen LogP contribution in [0.3, 0.4) is 0 Å². The Morgan fingerprint density at radius 2 is 1.55 bits per heavy atom. The zero-order chi connectivity index (χ0) is 13.8. The van der Waals surface area contributed by atoms with E-state index >= 15 is 0 Å². The molecule has 0 spiro atoms. The molecule has 3 rings (SSSR count). The average molecular weight is 302 g/mol. The van der Waals surface area contributed by atoms with Gasteiger partial charge in [0.15, 0.2) is 0 Å². The van der Waals surface area contributed by atoms with E-state index in [1.165, 1.54) is 36.4 Å². The first kappa shape index (κ1) is 14.7. The van der Waals surface area contributed by atoms with Gasteiger partial charge in [-0.2, -0.15) is 13.2 Å². The van der Waals surface area contributed by atoms with Gasteiger partial charge in [-0.05, 0) is 11.6 Å². The predicted molar refractivity (Wildman–Crippen MR) is 72.6 cm³/mol. The molecule has 0 aromatic heterocycles. The van der Waals surface area contributed by atoms with Crippen molar-refractivity contribution < 1.29 is 18.3 Å². The molecule has 0 bridgehead atoms. The normalized spacial score (nSPS) is 20.0. The van der Waals surface area contributed by atoms with Gasteiger partial charge in [0.25, 0.3) is 0 Å². The Bertz CT molecular complexity index is 672. The summed E-state index contributed by atoms with van der Waals surface area (Å²) in [6.07, 6.45) is -4.80. The highest BCUT2D eigenvalue weighted by molar-refractivity contribution is 5.88. The third-order valence-electron chi connectivity index (χ3n) is 3.48. The van der Waals surface area contributed by atoms with Crippen molar-refractivity contribution in [3.8, 4) is 11.1 Å². The van der Waals surface area contributed by atoms with Gasteiger partial charge in [0, 0.05) is 22.4 Å². The van der Waals surface area contributed by atoms with Crippen LogP contribution in [0.15, 0.2) is 42.5 Å². The highest BCUT2D eigenvalue weighted by atomic mass is 35.5. The molecule has 1 aliphatic carbocycles. The highest BCUT2D eigenvalue weighted by Gasteiger charge is 2.60. The smallest absolute Gasteiger partial charge is 0.398 e. The summed E-state index contributed by atoms with van der Waals surface area (Å²) in [6.45, 7) is 0. The van der Waals surface area contributed by atoms with Crippen molar-refractivity contribution in [3.63, 3.8) is 0 Å². The van der Waals surface area contributed by atoms with Crippen LogP contribution in [0.25, 0.3) is 11.1 Å². The van der Waals surface area contributed by atoms with Crippen molar-refractivity contribution in [2.45, 2.75) is 11.8 Å². The van der Waals surface area contributed by atoms with Gasteiger partial charge in [0.05, 0.1) is 0 Å². The molecule has 0 saturated heterocycles. The molecule has 106 valence electrons. The molecule has 3 N–H and O–H groups in total. The van der Waals surface area contributed by atoms with Crippen molar-refractivity contribution in [1.82, 2.24) is 0 Å². The fourth-order valence-corrected chi connectivity index (χ4v) is 2.64. The van der Waals surface area contributed by atoms with E-state index in [1.807, 2.05) is 0 Å². The van der Waals surface area contributed by atoms with Gasteiger partial charge < -0.3 is 10.8 Å². The highest BCUT2D eigenvalue weighted by Crippen LogP contribution is 2.56. The fourth-order valence-electron chi connectivity index (χ4n) is 2.64. The summed E-state index contributed by atoms with van der Waals surface area (Å²) in [5.74, 6) is 0. The second-order valence-corrected chi connectivity index (χ2v) is 4.52. The van der Waals surface area contributed by atoms with Gasteiger partial charge in [-0.15, -0.1) is 12.4 Å². The van der Waals surface area contributed by atoms with Crippen molar-refractivity contribution in [1.29, 1.82) is 0 Å². The summed E-state index contributed by atoms with van der Waals surface area (Å²) in [5.41, 5.74) is 3.22. The number of aliphatic hydroxyl groups is 1. The van der Waals surface area contributed by atoms with Crippen LogP contribution in [0.1, 0.15) is 11.1 Å². The molecular formula is C14H11ClF3NO.